The Bertz CT molecular complexity index is 1270. The fraction of sp³-hybridized carbons (Fsp3) is 0.333. The molecule has 0 radical (unpaired) electrons. The number of nitrogens with zero attached hydrogens (tertiary/aromatic N) is 2. The van der Waals surface area contributed by atoms with Gasteiger partial charge < -0.3 is 4.90 Å². The highest BCUT2D eigenvalue weighted by atomic mass is 32.2. The predicted molar refractivity (Wildman–Crippen MR) is 117 cm³/mol. The third kappa shape index (κ3) is 4.37. The zero-order valence-electron chi connectivity index (χ0n) is 17.0. The van der Waals surface area contributed by atoms with Crippen LogP contribution in [0.3, 0.4) is 0 Å². The Kier molecular flexibility index (Phi) is 5.99. The molecule has 1 fully saturated rings. The first kappa shape index (κ1) is 22.7. The fourth-order valence-electron chi connectivity index (χ4n) is 3.83. The molecule has 4 rings (SSSR count). The summed E-state index contributed by atoms with van der Waals surface area (Å²) >= 11 is 1.59. The van der Waals surface area contributed by atoms with Crippen molar-refractivity contribution in [1.29, 1.82) is 0 Å². The molecule has 11 heteroatoms. The van der Waals surface area contributed by atoms with Crippen molar-refractivity contribution in [2.45, 2.75) is 31.3 Å². The summed E-state index contributed by atoms with van der Waals surface area (Å²) in [5.74, 6) is -0.356. The van der Waals surface area contributed by atoms with E-state index in [0.29, 0.717) is 35.9 Å². The maximum atomic E-state index is 13.3. The van der Waals surface area contributed by atoms with E-state index in [0.717, 1.165) is 16.0 Å². The molecule has 1 aromatic carbocycles. The summed E-state index contributed by atoms with van der Waals surface area (Å²) in [4.78, 5) is 20.2. The van der Waals surface area contributed by atoms with E-state index in [1.165, 1.54) is 11.1 Å². The third-order valence-electron chi connectivity index (χ3n) is 5.44. The molecule has 1 N–H and O–H groups in total. The largest absolute Gasteiger partial charge is 0.511 e. The first-order valence-corrected chi connectivity index (χ1v) is 12.2. The highest BCUT2D eigenvalue weighted by Gasteiger charge is 2.46. The number of aryl methyl sites for hydroxylation is 1. The second-order valence-corrected chi connectivity index (χ2v) is 10.3. The van der Waals surface area contributed by atoms with Gasteiger partial charge in [0.1, 0.15) is 0 Å². The van der Waals surface area contributed by atoms with Gasteiger partial charge in [0.15, 0.2) is 0 Å². The van der Waals surface area contributed by atoms with Crippen molar-refractivity contribution in [3.8, 4) is 10.4 Å². The van der Waals surface area contributed by atoms with Crippen molar-refractivity contribution >= 4 is 38.2 Å². The number of alkyl halides is 3. The Morgan fingerprint density at radius 1 is 1.28 bits per heavy atom. The lowest BCUT2D eigenvalue weighted by Gasteiger charge is -2.25. The van der Waals surface area contributed by atoms with E-state index >= 15 is 0 Å². The molecule has 170 valence electrons. The molecule has 1 amide bonds. The van der Waals surface area contributed by atoms with Crippen LogP contribution in [0.15, 0.2) is 41.9 Å². The number of sulfonamides is 1. The number of carbonyl (C=O) groups is 1. The summed E-state index contributed by atoms with van der Waals surface area (Å²) < 4.78 is 62.2. The van der Waals surface area contributed by atoms with Gasteiger partial charge in [-0.05, 0) is 60.5 Å². The number of hydrogen-bond donors (Lipinski definition) is 1. The van der Waals surface area contributed by atoms with Crippen LogP contribution in [0, 0.1) is 6.92 Å². The van der Waals surface area contributed by atoms with Crippen LogP contribution < -0.4 is 4.72 Å². The van der Waals surface area contributed by atoms with Gasteiger partial charge in [0, 0.05) is 35.6 Å². The Balaban J connectivity index is 1.62. The average Bonchev–Trinajstić information content (AvgIpc) is 3.39. The van der Waals surface area contributed by atoms with E-state index in [2.05, 4.69) is 4.98 Å². The second-order valence-electron chi connectivity index (χ2n) is 7.67. The number of amides is 1. The van der Waals surface area contributed by atoms with Gasteiger partial charge in [-0.15, -0.1) is 11.3 Å². The topological polar surface area (TPSA) is 79.4 Å². The zero-order chi connectivity index (χ0) is 23.1. The van der Waals surface area contributed by atoms with Gasteiger partial charge in [-0.3, -0.25) is 9.78 Å². The quantitative estimate of drug-likeness (QED) is 0.586. The van der Waals surface area contributed by atoms with Crippen LogP contribution in [0.1, 0.15) is 28.8 Å². The lowest BCUT2D eigenvalue weighted by molar-refractivity contribution is -0.0448. The Labute approximate surface area is 187 Å². The number of thiophene rings is 1. The first-order chi connectivity index (χ1) is 15.1. The number of aromatic nitrogens is 1. The fourth-order valence-corrected chi connectivity index (χ4v) is 5.30. The van der Waals surface area contributed by atoms with Crippen molar-refractivity contribution in [3.63, 3.8) is 0 Å². The highest BCUT2D eigenvalue weighted by molar-refractivity contribution is 7.90. The van der Waals surface area contributed by atoms with E-state index in [1.807, 2.05) is 36.6 Å². The number of rotatable bonds is 5. The number of benzene rings is 1. The van der Waals surface area contributed by atoms with Gasteiger partial charge in [-0.2, -0.15) is 13.2 Å². The minimum absolute atomic E-state index is 0.338. The van der Waals surface area contributed by atoms with Crippen LogP contribution in [-0.4, -0.2) is 48.8 Å². The van der Waals surface area contributed by atoms with Gasteiger partial charge in [-0.1, -0.05) is 6.07 Å². The summed E-state index contributed by atoms with van der Waals surface area (Å²) in [6.45, 7) is 1.85. The average molecular weight is 484 g/mol. The van der Waals surface area contributed by atoms with Crippen LogP contribution in [0.5, 0.6) is 0 Å². The van der Waals surface area contributed by atoms with Crippen molar-refractivity contribution in [2.24, 2.45) is 0 Å². The van der Waals surface area contributed by atoms with E-state index in [-0.39, 0.29) is 5.91 Å². The molecule has 0 spiro atoms. The summed E-state index contributed by atoms with van der Waals surface area (Å²) in [5.41, 5.74) is -2.31. The van der Waals surface area contributed by atoms with E-state index in [9.17, 15) is 26.4 Å². The summed E-state index contributed by atoms with van der Waals surface area (Å²) in [6, 6.07) is 8.62. The molecule has 1 aliphatic heterocycles. The van der Waals surface area contributed by atoms with Crippen molar-refractivity contribution < 1.29 is 26.4 Å². The van der Waals surface area contributed by atoms with E-state index < -0.39 is 28.1 Å². The zero-order valence-corrected chi connectivity index (χ0v) is 18.6. The normalized spacial score (nSPS) is 17.2. The van der Waals surface area contributed by atoms with Crippen molar-refractivity contribution in [1.82, 2.24) is 14.6 Å². The highest BCUT2D eigenvalue weighted by Crippen LogP contribution is 2.31. The van der Waals surface area contributed by atoms with Crippen molar-refractivity contribution in [2.75, 3.05) is 13.1 Å². The molecule has 3 aromatic rings. The molecule has 1 saturated heterocycles. The monoisotopic (exact) mass is 483 g/mol. The van der Waals surface area contributed by atoms with E-state index in [1.54, 1.807) is 22.1 Å². The SMILES string of the molecule is Cc1csc(-c2ccc3nccc(C(=O)N4CCCC4CNS(=O)(=O)C(F)(F)F)c3c2)c1. The van der Waals surface area contributed by atoms with Gasteiger partial charge >= 0.3 is 15.5 Å². The Morgan fingerprint density at radius 2 is 2.06 bits per heavy atom. The molecule has 1 unspecified atom stereocenters. The number of halogens is 3. The number of likely N-dealkylation sites (tertiary alicyclic amines) is 1. The van der Waals surface area contributed by atoms with Crippen LogP contribution in [0.25, 0.3) is 21.3 Å². The molecule has 0 bridgehead atoms. The molecule has 1 atom stereocenters. The molecule has 1 aliphatic rings. The predicted octanol–water partition coefficient (Wildman–Crippen LogP) is 4.32. The minimum Gasteiger partial charge on any atom is -0.334 e. The lowest BCUT2D eigenvalue weighted by atomic mass is 10.0. The van der Waals surface area contributed by atoms with Crippen LogP contribution in [0.4, 0.5) is 13.2 Å². The molecule has 3 heterocycles. The maximum absolute atomic E-state index is 13.3. The number of fused-ring (bicyclic) bond motifs is 1. The first-order valence-electron chi connectivity index (χ1n) is 9.88. The smallest absolute Gasteiger partial charge is 0.334 e. The molecular weight excluding hydrogens is 463 g/mol. The molecule has 0 aliphatic carbocycles. The lowest BCUT2D eigenvalue weighted by Crippen LogP contribution is -2.46. The summed E-state index contributed by atoms with van der Waals surface area (Å²) in [7, 11) is -5.46. The second kappa shape index (κ2) is 8.45. The summed E-state index contributed by atoms with van der Waals surface area (Å²) in [5, 5.41) is 2.67. The van der Waals surface area contributed by atoms with Crippen LogP contribution >= 0.6 is 11.3 Å². The molecule has 32 heavy (non-hydrogen) atoms. The molecule has 0 saturated carbocycles. The van der Waals surface area contributed by atoms with Crippen LogP contribution in [0.2, 0.25) is 0 Å². The standard InChI is InChI=1S/C21H20F3N3O3S2/c1-13-9-19(31-12-13)14-4-5-18-17(10-14)16(6-7-25-18)20(28)27-8-2-3-15(27)11-26-32(29,30)21(22,23)24/h4-7,9-10,12,15,26H,2-3,8,11H2,1H3. The Hall–Kier alpha value is -2.50. The van der Waals surface area contributed by atoms with Crippen LogP contribution in [-0.2, 0) is 10.0 Å². The minimum atomic E-state index is -5.46. The molecule has 6 nitrogen and oxygen atoms in total. The van der Waals surface area contributed by atoms with Gasteiger partial charge in [0.05, 0.1) is 11.1 Å². The van der Waals surface area contributed by atoms with Gasteiger partial charge in [0.2, 0.25) is 0 Å². The summed E-state index contributed by atoms with van der Waals surface area (Å²) in [6.07, 6.45) is 2.50. The van der Waals surface area contributed by atoms with E-state index in [4.69, 9.17) is 0 Å². The van der Waals surface area contributed by atoms with Gasteiger partial charge in [0.25, 0.3) is 5.91 Å². The third-order valence-corrected chi connectivity index (χ3v) is 7.69. The number of pyridine rings is 1. The Morgan fingerprint density at radius 3 is 2.75 bits per heavy atom. The van der Waals surface area contributed by atoms with Gasteiger partial charge in [-0.25, -0.2) is 13.1 Å². The molecular formula is C21H20F3N3O3S2. The number of hydrogen-bond acceptors (Lipinski definition) is 5. The molecule has 2 aromatic heterocycles. The maximum Gasteiger partial charge on any atom is 0.511 e. The van der Waals surface area contributed by atoms with Crippen molar-refractivity contribution in [3.05, 3.63) is 53.0 Å². The number of nitrogens with one attached hydrogen (secondary N) is 1. The number of carbonyl (C=O) groups excluding carboxylic acids is 1.